The largest absolute Gasteiger partial charge is 0.490 e. The number of carbonyl (C=O) groups is 2. The average Bonchev–Trinajstić information content (AvgIpc) is 2.84. The monoisotopic (exact) mass is 446 g/mol. The van der Waals surface area contributed by atoms with Gasteiger partial charge in [0.25, 0.3) is 5.91 Å². The van der Waals surface area contributed by atoms with E-state index in [2.05, 4.69) is 15.8 Å². The Morgan fingerprint density at radius 2 is 1.73 bits per heavy atom. The van der Waals surface area contributed by atoms with Gasteiger partial charge in [0, 0.05) is 17.2 Å². The van der Waals surface area contributed by atoms with Crippen LogP contribution < -0.4 is 15.5 Å². The van der Waals surface area contributed by atoms with Gasteiger partial charge in [-0.05, 0) is 29.8 Å². The van der Waals surface area contributed by atoms with Crippen molar-refractivity contribution in [3.63, 3.8) is 0 Å². The van der Waals surface area contributed by atoms with Crippen molar-refractivity contribution in [1.82, 2.24) is 10.7 Å². The van der Waals surface area contributed by atoms with Gasteiger partial charge in [-0.3, -0.25) is 19.7 Å². The van der Waals surface area contributed by atoms with Crippen molar-refractivity contribution in [2.24, 2.45) is 5.10 Å². The molecule has 0 fully saturated rings. The fraction of sp³-hybridized carbons (Fsp3) is 0.125. The number of benzene rings is 3. The van der Waals surface area contributed by atoms with Crippen LogP contribution in [0.5, 0.6) is 5.75 Å². The van der Waals surface area contributed by atoms with Crippen LogP contribution in [0.4, 0.5) is 5.69 Å². The van der Waals surface area contributed by atoms with Gasteiger partial charge in [-0.25, -0.2) is 5.43 Å². The zero-order valence-corrected chi connectivity index (χ0v) is 17.8. The number of carbonyl (C=O) groups excluding carboxylic acids is 2. The van der Waals surface area contributed by atoms with Gasteiger partial charge < -0.3 is 10.1 Å². The van der Waals surface area contributed by atoms with Gasteiger partial charge in [0.1, 0.15) is 0 Å². The summed E-state index contributed by atoms with van der Waals surface area (Å²) in [7, 11) is 1.34. The molecule has 9 nitrogen and oxygen atoms in total. The van der Waals surface area contributed by atoms with Crippen molar-refractivity contribution >= 4 is 23.7 Å². The molecule has 0 saturated carbocycles. The average molecular weight is 446 g/mol. The van der Waals surface area contributed by atoms with Crippen LogP contribution in [0.2, 0.25) is 0 Å². The third-order valence-electron chi connectivity index (χ3n) is 4.74. The number of nitrogens with one attached hydrogen (secondary N) is 2. The molecule has 2 amide bonds. The molecule has 0 aromatic heterocycles. The smallest absolute Gasteiger partial charge is 0.311 e. The number of hydrazone groups is 1. The topological polar surface area (TPSA) is 123 Å². The lowest BCUT2D eigenvalue weighted by molar-refractivity contribution is -0.385. The molecule has 0 radical (unpaired) electrons. The lowest BCUT2D eigenvalue weighted by Crippen LogP contribution is -2.32. The van der Waals surface area contributed by atoms with E-state index in [1.165, 1.54) is 25.5 Å². The van der Waals surface area contributed by atoms with Crippen LogP contribution in [-0.2, 0) is 4.79 Å². The fourth-order valence-corrected chi connectivity index (χ4v) is 3.11. The molecule has 33 heavy (non-hydrogen) atoms. The molecular weight excluding hydrogens is 424 g/mol. The van der Waals surface area contributed by atoms with Crippen LogP contribution in [-0.4, -0.2) is 30.1 Å². The Hall–Kier alpha value is -4.53. The van der Waals surface area contributed by atoms with Crippen molar-refractivity contribution in [3.05, 3.63) is 106 Å². The van der Waals surface area contributed by atoms with Crippen LogP contribution >= 0.6 is 0 Å². The van der Waals surface area contributed by atoms with Crippen LogP contribution in [0, 0.1) is 10.1 Å². The molecule has 0 spiro atoms. The van der Waals surface area contributed by atoms with E-state index in [0.717, 1.165) is 5.56 Å². The molecule has 3 aromatic carbocycles. The minimum absolute atomic E-state index is 0.0529. The molecule has 0 aliphatic rings. The van der Waals surface area contributed by atoms with Crippen LogP contribution in [0.25, 0.3) is 0 Å². The van der Waals surface area contributed by atoms with Gasteiger partial charge in [0.05, 0.1) is 30.7 Å². The summed E-state index contributed by atoms with van der Waals surface area (Å²) in [6, 6.07) is 21.6. The minimum Gasteiger partial charge on any atom is -0.490 e. The van der Waals surface area contributed by atoms with Crippen molar-refractivity contribution in [2.45, 2.75) is 12.5 Å². The summed E-state index contributed by atoms with van der Waals surface area (Å²) >= 11 is 0. The Morgan fingerprint density at radius 1 is 1.06 bits per heavy atom. The second-order valence-electron chi connectivity index (χ2n) is 6.99. The molecule has 9 heteroatoms. The van der Waals surface area contributed by atoms with Gasteiger partial charge in [-0.2, -0.15) is 5.10 Å². The fourth-order valence-electron chi connectivity index (χ4n) is 3.11. The van der Waals surface area contributed by atoms with E-state index in [0.29, 0.717) is 11.1 Å². The summed E-state index contributed by atoms with van der Waals surface area (Å²) in [6.45, 7) is 0. The normalized spacial score (nSPS) is 11.5. The zero-order chi connectivity index (χ0) is 23.6. The van der Waals surface area contributed by atoms with E-state index in [1.54, 1.807) is 30.3 Å². The third kappa shape index (κ3) is 6.47. The van der Waals surface area contributed by atoms with E-state index < -0.39 is 16.9 Å². The molecular formula is C24H22N4O5. The van der Waals surface area contributed by atoms with Gasteiger partial charge in [-0.1, -0.05) is 48.5 Å². The van der Waals surface area contributed by atoms with E-state index in [9.17, 15) is 19.7 Å². The Bertz CT molecular complexity index is 1150. The van der Waals surface area contributed by atoms with Gasteiger partial charge in [-0.15, -0.1) is 0 Å². The van der Waals surface area contributed by atoms with E-state index in [-0.39, 0.29) is 23.8 Å². The first kappa shape index (κ1) is 23.1. The molecule has 0 aliphatic heterocycles. The number of nitro groups is 1. The lowest BCUT2D eigenvalue weighted by Gasteiger charge is -2.18. The summed E-state index contributed by atoms with van der Waals surface area (Å²) in [5.74, 6) is -0.608. The molecule has 0 saturated heterocycles. The highest BCUT2D eigenvalue weighted by atomic mass is 16.6. The molecule has 0 aliphatic carbocycles. The first-order valence-corrected chi connectivity index (χ1v) is 10.0. The van der Waals surface area contributed by atoms with Gasteiger partial charge in [0.15, 0.2) is 5.75 Å². The molecule has 1 atom stereocenters. The molecule has 2 N–H and O–H groups in total. The summed E-state index contributed by atoms with van der Waals surface area (Å²) in [5.41, 5.74) is 3.86. The lowest BCUT2D eigenvalue weighted by atomic mass is 10.0. The van der Waals surface area contributed by atoms with Crippen LogP contribution in [0.1, 0.15) is 33.9 Å². The molecule has 3 aromatic rings. The summed E-state index contributed by atoms with van der Waals surface area (Å²) in [5, 5.41) is 17.9. The highest BCUT2D eigenvalue weighted by molar-refractivity contribution is 5.94. The first-order valence-electron chi connectivity index (χ1n) is 10.0. The van der Waals surface area contributed by atoms with Gasteiger partial charge >= 0.3 is 5.69 Å². The zero-order valence-electron chi connectivity index (χ0n) is 17.8. The summed E-state index contributed by atoms with van der Waals surface area (Å²) in [6.07, 6.45) is 1.24. The Balaban J connectivity index is 1.68. The standard InChI is InChI=1S/C24H22N4O5/c1-33-22-13-12-17(14-21(22)28(31)32)16-25-27-23(29)15-20(18-8-4-2-5-9-18)26-24(30)19-10-6-3-7-11-19/h2-14,16,20H,15H2,1H3,(H,26,30)(H,27,29)/b25-16-/t20-/m1/s1. The summed E-state index contributed by atoms with van der Waals surface area (Å²) < 4.78 is 4.96. The number of nitrogens with zero attached hydrogens (tertiary/aromatic N) is 2. The molecule has 0 heterocycles. The summed E-state index contributed by atoms with van der Waals surface area (Å²) in [4.78, 5) is 35.7. The predicted molar refractivity (Wildman–Crippen MR) is 123 cm³/mol. The number of nitro benzene ring substituents is 1. The maximum absolute atomic E-state index is 12.6. The maximum atomic E-state index is 12.6. The van der Waals surface area contributed by atoms with Crippen LogP contribution in [0.3, 0.4) is 0 Å². The quantitative estimate of drug-likeness (QED) is 0.295. The number of hydrogen-bond donors (Lipinski definition) is 2. The number of rotatable bonds is 9. The second-order valence-corrected chi connectivity index (χ2v) is 6.99. The van der Waals surface area contributed by atoms with Crippen molar-refractivity contribution in [2.75, 3.05) is 7.11 Å². The van der Waals surface area contributed by atoms with Crippen LogP contribution in [0.15, 0.2) is 84.0 Å². The highest BCUT2D eigenvalue weighted by Crippen LogP contribution is 2.26. The highest BCUT2D eigenvalue weighted by Gasteiger charge is 2.19. The minimum atomic E-state index is -0.573. The maximum Gasteiger partial charge on any atom is 0.311 e. The molecule has 3 rings (SSSR count). The SMILES string of the molecule is COc1ccc(/C=N\NC(=O)C[C@@H](NC(=O)c2ccccc2)c2ccccc2)cc1[N+](=O)[O-]. The first-order chi connectivity index (χ1) is 16.0. The molecule has 168 valence electrons. The number of ether oxygens (including phenoxy) is 1. The molecule has 0 bridgehead atoms. The predicted octanol–water partition coefficient (Wildman–Crippen LogP) is 3.61. The van der Waals surface area contributed by atoms with Gasteiger partial charge in [0.2, 0.25) is 5.91 Å². The third-order valence-corrected chi connectivity index (χ3v) is 4.74. The van der Waals surface area contributed by atoms with Crippen molar-refractivity contribution in [1.29, 1.82) is 0 Å². The van der Waals surface area contributed by atoms with E-state index >= 15 is 0 Å². The second kappa shape index (κ2) is 11.2. The van der Waals surface area contributed by atoms with E-state index in [1.807, 2.05) is 36.4 Å². The van der Waals surface area contributed by atoms with Crippen molar-refractivity contribution < 1.29 is 19.2 Å². The Labute approximate surface area is 190 Å². The number of methoxy groups -OCH3 is 1. The van der Waals surface area contributed by atoms with E-state index in [4.69, 9.17) is 4.74 Å². The number of hydrogen-bond acceptors (Lipinski definition) is 6. The molecule has 0 unspecified atom stereocenters. The number of amides is 2. The Morgan fingerprint density at radius 3 is 2.36 bits per heavy atom. The van der Waals surface area contributed by atoms with Crippen molar-refractivity contribution in [3.8, 4) is 5.75 Å². The Kier molecular flexibility index (Phi) is 7.85.